The van der Waals surface area contributed by atoms with Gasteiger partial charge in [-0.1, -0.05) is 36.4 Å². The van der Waals surface area contributed by atoms with Gasteiger partial charge in [0.1, 0.15) is 5.75 Å². The molecule has 0 aliphatic rings. The van der Waals surface area contributed by atoms with Crippen LogP contribution >= 0.6 is 11.6 Å². The van der Waals surface area contributed by atoms with E-state index in [1.165, 1.54) is 6.07 Å². The standard InChI is InChI=1S/C16H14ClF3O/c17-11-13-6-7-15(14(10-13)16(18,19)20)21-9-8-12-4-2-1-3-5-12/h1-7,10H,8-9,11H2. The monoisotopic (exact) mass is 314 g/mol. The summed E-state index contributed by atoms with van der Waals surface area (Å²) in [6, 6.07) is 13.4. The van der Waals surface area contributed by atoms with Crippen LogP contribution < -0.4 is 4.74 Å². The molecule has 0 aliphatic heterocycles. The maximum Gasteiger partial charge on any atom is 0.419 e. The number of ether oxygens (including phenoxy) is 1. The van der Waals surface area contributed by atoms with Crippen molar-refractivity contribution in [3.8, 4) is 5.75 Å². The number of alkyl halides is 4. The predicted octanol–water partition coefficient (Wildman–Crippen LogP) is 5.07. The van der Waals surface area contributed by atoms with Crippen molar-refractivity contribution in [3.05, 3.63) is 65.2 Å². The fourth-order valence-electron chi connectivity index (χ4n) is 1.93. The van der Waals surface area contributed by atoms with Crippen LogP contribution in [0.2, 0.25) is 0 Å². The average molecular weight is 315 g/mol. The molecule has 1 nitrogen and oxygen atoms in total. The molecular weight excluding hydrogens is 301 g/mol. The van der Waals surface area contributed by atoms with E-state index in [9.17, 15) is 13.2 Å². The highest BCUT2D eigenvalue weighted by Crippen LogP contribution is 2.37. The minimum Gasteiger partial charge on any atom is -0.493 e. The summed E-state index contributed by atoms with van der Waals surface area (Å²) in [6.07, 6.45) is -3.90. The van der Waals surface area contributed by atoms with Gasteiger partial charge in [0.15, 0.2) is 0 Å². The summed E-state index contributed by atoms with van der Waals surface area (Å²) in [6.45, 7) is 0.188. The van der Waals surface area contributed by atoms with E-state index in [2.05, 4.69) is 0 Å². The lowest BCUT2D eigenvalue weighted by Gasteiger charge is -2.15. The molecule has 2 aromatic rings. The smallest absolute Gasteiger partial charge is 0.419 e. The minimum absolute atomic E-state index is 0.0351. The van der Waals surface area contributed by atoms with E-state index in [0.717, 1.165) is 11.6 Å². The first-order chi connectivity index (χ1) is 10.0. The predicted molar refractivity (Wildman–Crippen MR) is 76.6 cm³/mol. The molecule has 0 bridgehead atoms. The molecular formula is C16H14ClF3O. The van der Waals surface area contributed by atoms with Crippen LogP contribution in [0.15, 0.2) is 48.5 Å². The van der Waals surface area contributed by atoms with E-state index >= 15 is 0 Å². The second-order valence-corrected chi connectivity index (χ2v) is 4.81. The largest absolute Gasteiger partial charge is 0.493 e. The van der Waals surface area contributed by atoms with Gasteiger partial charge in [-0.25, -0.2) is 0 Å². The summed E-state index contributed by atoms with van der Waals surface area (Å²) in [5, 5.41) is 0. The van der Waals surface area contributed by atoms with Gasteiger partial charge in [-0.2, -0.15) is 13.2 Å². The number of benzene rings is 2. The Kier molecular flexibility index (Phi) is 5.12. The zero-order valence-corrected chi connectivity index (χ0v) is 11.9. The third-order valence-electron chi connectivity index (χ3n) is 2.99. The van der Waals surface area contributed by atoms with Crippen LogP contribution in [0.5, 0.6) is 5.75 Å². The molecule has 0 atom stereocenters. The maximum absolute atomic E-state index is 13.0. The van der Waals surface area contributed by atoms with Gasteiger partial charge >= 0.3 is 6.18 Å². The summed E-state index contributed by atoms with van der Waals surface area (Å²) in [7, 11) is 0. The van der Waals surface area contributed by atoms with Crippen molar-refractivity contribution in [2.24, 2.45) is 0 Å². The Labute approximate surface area is 126 Å². The van der Waals surface area contributed by atoms with Gasteiger partial charge < -0.3 is 4.74 Å². The van der Waals surface area contributed by atoms with Crippen molar-refractivity contribution >= 4 is 11.6 Å². The van der Waals surface area contributed by atoms with E-state index in [4.69, 9.17) is 16.3 Å². The molecule has 0 fully saturated rings. The van der Waals surface area contributed by atoms with E-state index < -0.39 is 11.7 Å². The summed E-state index contributed by atoms with van der Waals surface area (Å²) in [5.41, 5.74) is 0.650. The van der Waals surface area contributed by atoms with Crippen LogP contribution in [0.1, 0.15) is 16.7 Å². The van der Waals surface area contributed by atoms with E-state index in [1.54, 1.807) is 6.07 Å². The lowest BCUT2D eigenvalue weighted by Crippen LogP contribution is -2.11. The van der Waals surface area contributed by atoms with Gasteiger partial charge in [0.25, 0.3) is 0 Å². The summed E-state index contributed by atoms with van der Waals surface area (Å²) in [5.74, 6) is -0.125. The first-order valence-corrected chi connectivity index (χ1v) is 6.97. The first-order valence-electron chi connectivity index (χ1n) is 6.43. The van der Waals surface area contributed by atoms with Crippen LogP contribution in [-0.4, -0.2) is 6.61 Å². The molecule has 0 saturated carbocycles. The Morgan fingerprint density at radius 3 is 2.29 bits per heavy atom. The Morgan fingerprint density at radius 1 is 0.952 bits per heavy atom. The fourth-order valence-corrected chi connectivity index (χ4v) is 2.10. The fraction of sp³-hybridized carbons (Fsp3) is 0.250. The lowest BCUT2D eigenvalue weighted by molar-refractivity contribution is -0.139. The van der Waals surface area contributed by atoms with Gasteiger partial charge in [0.05, 0.1) is 12.2 Å². The number of halogens is 4. The van der Waals surface area contributed by atoms with E-state index in [0.29, 0.717) is 12.0 Å². The molecule has 2 aromatic carbocycles. The summed E-state index contributed by atoms with van der Waals surface area (Å²) >= 11 is 5.58. The molecule has 0 aliphatic carbocycles. The molecule has 0 N–H and O–H groups in total. The molecule has 0 aromatic heterocycles. The van der Waals surface area contributed by atoms with Crippen molar-refractivity contribution in [2.45, 2.75) is 18.5 Å². The van der Waals surface area contributed by atoms with Crippen LogP contribution in [-0.2, 0) is 18.5 Å². The number of hydrogen-bond donors (Lipinski definition) is 0. The zero-order chi connectivity index (χ0) is 15.3. The quantitative estimate of drug-likeness (QED) is 0.700. The van der Waals surface area contributed by atoms with Gasteiger partial charge in [-0.15, -0.1) is 11.6 Å². The van der Waals surface area contributed by atoms with Crippen molar-refractivity contribution < 1.29 is 17.9 Å². The molecule has 0 saturated heterocycles. The highest BCUT2D eigenvalue weighted by atomic mass is 35.5. The van der Waals surface area contributed by atoms with Crippen molar-refractivity contribution in [1.29, 1.82) is 0 Å². The van der Waals surface area contributed by atoms with E-state index in [-0.39, 0.29) is 18.2 Å². The molecule has 0 amide bonds. The Bertz CT molecular complexity index is 582. The molecule has 5 heteroatoms. The molecule has 2 rings (SSSR count). The number of rotatable bonds is 5. The molecule has 21 heavy (non-hydrogen) atoms. The van der Waals surface area contributed by atoms with Crippen LogP contribution in [0.3, 0.4) is 0 Å². The topological polar surface area (TPSA) is 9.23 Å². The van der Waals surface area contributed by atoms with Crippen molar-refractivity contribution in [1.82, 2.24) is 0 Å². The molecule has 0 unspecified atom stereocenters. The normalized spacial score (nSPS) is 11.4. The highest BCUT2D eigenvalue weighted by Gasteiger charge is 2.34. The van der Waals surface area contributed by atoms with Crippen LogP contribution in [0, 0.1) is 0 Å². The van der Waals surface area contributed by atoms with Gasteiger partial charge in [-0.3, -0.25) is 0 Å². The lowest BCUT2D eigenvalue weighted by atomic mass is 10.1. The SMILES string of the molecule is FC(F)(F)c1cc(CCl)ccc1OCCc1ccccc1. The minimum atomic E-state index is -4.45. The highest BCUT2D eigenvalue weighted by molar-refractivity contribution is 6.17. The van der Waals surface area contributed by atoms with Crippen LogP contribution in [0.4, 0.5) is 13.2 Å². The Morgan fingerprint density at radius 2 is 1.67 bits per heavy atom. The summed E-state index contributed by atoms with van der Waals surface area (Å²) < 4.78 is 44.3. The third-order valence-corrected chi connectivity index (χ3v) is 3.30. The van der Waals surface area contributed by atoms with Crippen molar-refractivity contribution in [2.75, 3.05) is 6.61 Å². The van der Waals surface area contributed by atoms with Crippen molar-refractivity contribution in [3.63, 3.8) is 0 Å². The number of hydrogen-bond acceptors (Lipinski definition) is 1. The Hall–Kier alpha value is -1.68. The summed E-state index contributed by atoms with van der Waals surface area (Å²) in [4.78, 5) is 0. The van der Waals surface area contributed by atoms with E-state index in [1.807, 2.05) is 30.3 Å². The Balaban J connectivity index is 2.09. The second kappa shape index (κ2) is 6.85. The van der Waals surface area contributed by atoms with Gasteiger partial charge in [0.2, 0.25) is 0 Å². The average Bonchev–Trinajstić information content (AvgIpc) is 2.47. The van der Waals surface area contributed by atoms with Gasteiger partial charge in [-0.05, 0) is 23.3 Å². The maximum atomic E-state index is 13.0. The molecule has 112 valence electrons. The third kappa shape index (κ3) is 4.39. The first kappa shape index (κ1) is 15.7. The molecule has 0 heterocycles. The zero-order valence-electron chi connectivity index (χ0n) is 11.2. The second-order valence-electron chi connectivity index (χ2n) is 4.55. The molecule has 0 radical (unpaired) electrons. The molecule has 0 spiro atoms. The van der Waals surface area contributed by atoms with Gasteiger partial charge in [0, 0.05) is 12.3 Å². The van der Waals surface area contributed by atoms with Crippen LogP contribution in [0.25, 0.3) is 0 Å².